The highest BCUT2D eigenvalue weighted by molar-refractivity contribution is 5.82. The van der Waals surface area contributed by atoms with Gasteiger partial charge < -0.3 is 20.7 Å². The Morgan fingerprint density at radius 1 is 1.41 bits per heavy atom. The zero-order valence-corrected chi connectivity index (χ0v) is 10.3. The van der Waals surface area contributed by atoms with Crippen molar-refractivity contribution in [2.45, 2.75) is 25.3 Å². The Labute approximate surface area is 101 Å². The molecule has 1 heterocycles. The number of nitrogens with two attached hydrogens (primary N) is 1. The van der Waals surface area contributed by atoms with Crippen LogP contribution < -0.4 is 11.1 Å². The third-order valence-electron chi connectivity index (χ3n) is 2.78. The largest absolute Gasteiger partial charge is 0.383 e. The van der Waals surface area contributed by atoms with E-state index in [0.29, 0.717) is 13.0 Å². The van der Waals surface area contributed by atoms with E-state index in [1.165, 1.54) is 7.11 Å². The molecule has 6 nitrogen and oxygen atoms in total. The molecule has 17 heavy (non-hydrogen) atoms. The summed E-state index contributed by atoms with van der Waals surface area (Å²) in [7, 11) is 1.49. The van der Waals surface area contributed by atoms with Crippen LogP contribution in [0.25, 0.3) is 0 Å². The molecule has 0 aromatic heterocycles. The van der Waals surface area contributed by atoms with Gasteiger partial charge in [0.25, 0.3) is 0 Å². The van der Waals surface area contributed by atoms with Crippen LogP contribution in [-0.4, -0.2) is 56.1 Å². The molecule has 3 N–H and O–H groups in total. The highest BCUT2D eigenvalue weighted by Crippen LogP contribution is 2.08. The number of carbonyl (C=O) groups is 2. The predicted octanol–water partition coefficient (Wildman–Crippen LogP) is -0.911. The van der Waals surface area contributed by atoms with Gasteiger partial charge in [-0.25, -0.2) is 0 Å². The number of ether oxygens (including phenoxy) is 1. The van der Waals surface area contributed by atoms with E-state index >= 15 is 0 Å². The average molecular weight is 243 g/mol. The van der Waals surface area contributed by atoms with Gasteiger partial charge in [-0.05, 0) is 12.8 Å². The van der Waals surface area contributed by atoms with Crippen LogP contribution in [0, 0.1) is 0 Å². The van der Waals surface area contributed by atoms with Crippen molar-refractivity contribution in [3.05, 3.63) is 0 Å². The van der Waals surface area contributed by atoms with Gasteiger partial charge in [0.15, 0.2) is 0 Å². The Morgan fingerprint density at radius 3 is 2.65 bits per heavy atom. The Morgan fingerprint density at radius 2 is 2.06 bits per heavy atom. The molecule has 1 aliphatic rings. The molecule has 0 aliphatic carbocycles. The van der Waals surface area contributed by atoms with Crippen LogP contribution in [0.4, 0.5) is 0 Å². The van der Waals surface area contributed by atoms with Crippen LogP contribution in [0.1, 0.15) is 19.3 Å². The van der Waals surface area contributed by atoms with E-state index in [2.05, 4.69) is 5.32 Å². The molecule has 0 aromatic rings. The molecule has 1 rings (SSSR count). The van der Waals surface area contributed by atoms with E-state index in [1.807, 2.05) is 4.90 Å². The molecule has 0 saturated carbocycles. The van der Waals surface area contributed by atoms with Gasteiger partial charge in [0.2, 0.25) is 11.8 Å². The molecular weight excluding hydrogens is 222 g/mol. The predicted molar refractivity (Wildman–Crippen MR) is 63.3 cm³/mol. The lowest BCUT2D eigenvalue weighted by atomic mass is 10.3. The van der Waals surface area contributed by atoms with Gasteiger partial charge in [-0.2, -0.15) is 0 Å². The first-order valence-electron chi connectivity index (χ1n) is 5.95. The van der Waals surface area contributed by atoms with Crippen molar-refractivity contribution in [3.63, 3.8) is 0 Å². The van der Waals surface area contributed by atoms with Crippen LogP contribution in [0.5, 0.6) is 0 Å². The Bertz CT molecular complexity index is 265. The lowest BCUT2D eigenvalue weighted by molar-refractivity contribution is -0.130. The molecule has 0 bridgehead atoms. The van der Waals surface area contributed by atoms with Crippen LogP contribution >= 0.6 is 0 Å². The summed E-state index contributed by atoms with van der Waals surface area (Å²) in [5, 5.41) is 2.63. The van der Waals surface area contributed by atoms with Crippen LogP contribution in [-0.2, 0) is 14.3 Å². The van der Waals surface area contributed by atoms with Gasteiger partial charge in [0.05, 0.1) is 6.61 Å². The third-order valence-corrected chi connectivity index (χ3v) is 2.78. The van der Waals surface area contributed by atoms with Gasteiger partial charge in [0, 0.05) is 33.2 Å². The Balaban J connectivity index is 2.14. The summed E-state index contributed by atoms with van der Waals surface area (Å²) in [6, 6.07) is -0.665. The number of nitrogens with one attached hydrogen (secondary N) is 1. The van der Waals surface area contributed by atoms with Gasteiger partial charge >= 0.3 is 0 Å². The molecule has 0 radical (unpaired) electrons. The van der Waals surface area contributed by atoms with E-state index in [0.717, 1.165) is 25.9 Å². The highest BCUT2D eigenvalue weighted by Gasteiger charge is 2.18. The maximum Gasteiger partial charge on any atom is 0.239 e. The number of amides is 2. The van der Waals surface area contributed by atoms with Crippen LogP contribution in [0.2, 0.25) is 0 Å². The molecular formula is C11H21N3O3. The van der Waals surface area contributed by atoms with Crippen molar-refractivity contribution in [3.8, 4) is 0 Å². The van der Waals surface area contributed by atoms with Gasteiger partial charge in [-0.1, -0.05) is 0 Å². The fourth-order valence-corrected chi connectivity index (χ4v) is 1.80. The summed E-state index contributed by atoms with van der Waals surface area (Å²) in [5.74, 6) is -0.177. The molecule has 1 fully saturated rings. The van der Waals surface area contributed by atoms with Crippen LogP contribution in [0.3, 0.4) is 0 Å². The first kappa shape index (κ1) is 13.9. The minimum Gasteiger partial charge on any atom is -0.383 e. The molecule has 2 amide bonds. The SMILES string of the molecule is COCC(N)C(=O)NCCC(=O)N1CCCC1. The van der Waals surface area contributed by atoms with E-state index in [4.69, 9.17) is 10.5 Å². The van der Waals surface area contributed by atoms with E-state index in [1.54, 1.807) is 0 Å². The molecule has 1 saturated heterocycles. The summed E-state index contributed by atoms with van der Waals surface area (Å²) < 4.78 is 4.77. The van der Waals surface area contributed by atoms with Crippen molar-refractivity contribution >= 4 is 11.8 Å². The number of likely N-dealkylation sites (tertiary alicyclic amines) is 1. The fourth-order valence-electron chi connectivity index (χ4n) is 1.80. The maximum atomic E-state index is 11.6. The molecule has 1 aliphatic heterocycles. The second-order valence-corrected chi connectivity index (χ2v) is 4.19. The third kappa shape index (κ3) is 4.70. The molecule has 1 unspecified atom stereocenters. The van der Waals surface area contributed by atoms with Crippen molar-refractivity contribution in [2.75, 3.05) is 33.4 Å². The van der Waals surface area contributed by atoms with E-state index < -0.39 is 6.04 Å². The van der Waals surface area contributed by atoms with Crippen molar-refractivity contribution < 1.29 is 14.3 Å². The quantitative estimate of drug-likeness (QED) is 0.632. The standard InChI is InChI=1S/C11H21N3O3/c1-17-8-9(12)11(16)13-5-4-10(15)14-6-2-3-7-14/h9H,2-8,12H2,1H3,(H,13,16). The summed E-state index contributed by atoms with van der Waals surface area (Å²) >= 11 is 0. The number of methoxy groups -OCH3 is 1. The minimum atomic E-state index is -0.665. The van der Waals surface area contributed by atoms with Crippen LogP contribution in [0.15, 0.2) is 0 Å². The number of hydrogen-bond donors (Lipinski definition) is 2. The first-order valence-corrected chi connectivity index (χ1v) is 5.95. The number of rotatable bonds is 6. The second kappa shape index (κ2) is 7.24. The zero-order chi connectivity index (χ0) is 12.7. The summed E-state index contributed by atoms with van der Waals surface area (Å²) in [5.41, 5.74) is 5.53. The van der Waals surface area contributed by atoms with Gasteiger partial charge in [-0.3, -0.25) is 9.59 Å². The molecule has 1 atom stereocenters. The normalized spacial score (nSPS) is 16.9. The maximum absolute atomic E-state index is 11.6. The molecule has 0 spiro atoms. The van der Waals surface area contributed by atoms with Crippen molar-refractivity contribution in [1.29, 1.82) is 0 Å². The van der Waals surface area contributed by atoms with Crippen molar-refractivity contribution in [1.82, 2.24) is 10.2 Å². The van der Waals surface area contributed by atoms with E-state index in [-0.39, 0.29) is 18.4 Å². The fraction of sp³-hybridized carbons (Fsp3) is 0.818. The summed E-state index contributed by atoms with van der Waals surface area (Å²) in [6.07, 6.45) is 2.50. The number of carbonyl (C=O) groups excluding carboxylic acids is 2. The summed E-state index contributed by atoms with van der Waals surface area (Å²) in [4.78, 5) is 24.9. The van der Waals surface area contributed by atoms with Crippen molar-refractivity contribution in [2.24, 2.45) is 5.73 Å². The zero-order valence-electron chi connectivity index (χ0n) is 10.3. The van der Waals surface area contributed by atoms with Gasteiger partial charge in [0.1, 0.15) is 6.04 Å². The molecule has 98 valence electrons. The van der Waals surface area contributed by atoms with E-state index in [9.17, 15) is 9.59 Å². The monoisotopic (exact) mass is 243 g/mol. The number of nitrogens with zero attached hydrogens (tertiary/aromatic N) is 1. The first-order chi connectivity index (χ1) is 8.15. The average Bonchev–Trinajstić information content (AvgIpc) is 2.82. The second-order valence-electron chi connectivity index (χ2n) is 4.19. The van der Waals surface area contributed by atoms with Gasteiger partial charge in [-0.15, -0.1) is 0 Å². The Hall–Kier alpha value is -1.14. The molecule has 0 aromatic carbocycles. The minimum absolute atomic E-state index is 0.100. The number of hydrogen-bond acceptors (Lipinski definition) is 4. The smallest absolute Gasteiger partial charge is 0.239 e. The lowest BCUT2D eigenvalue weighted by Gasteiger charge is -2.16. The lowest BCUT2D eigenvalue weighted by Crippen LogP contribution is -2.44. The highest BCUT2D eigenvalue weighted by atomic mass is 16.5. The molecule has 6 heteroatoms. The summed E-state index contributed by atoms with van der Waals surface area (Å²) in [6.45, 7) is 2.21. The topological polar surface area (TPSA) is 84.7 Å². The Kier molecular flexibility index (Phi) is 5.93.